The normalized spacial score (nSPS) is 19.2. The Balaban J connectivity index is 2.03. The van der Waals surface area contributed by atoms with Gasteiger partial charge in [-0.25, -0.2) is 13.1 Å². The van der Waals surface area contributed by atoms with Crippen LogP contribution in [-0.4, -0.2) is 64.0 Å². The maximum absolute atomic E-state index is 12.5. The maximum Gasteiger partial charge on any atom is 0.240 e. The van der Waals surface area contributed by atoms with E-state index in [1.807, 2.05) is 13.0 Å². The number of rotatable bonds is 6. The molecule has 5 nitrogen and oxygen atoms in total. The Morgan fingerprint density at radius 2 is 1.83 bits per heavy atom. The summed E-state index contributed by atoms with van der Waals surface area (Å²) in [7, 11) is -1.32. The van der Waals surface area contributed by atoms with E-state index in [0.717, 1.165) is 31.7 Å². The van der Waals surface area contributed by atoms with Gasteiger partial charge in [-0.1, -0.05) is 26.0 Å². The summed E-state index contributed by atoms with van der Waals surface area (Å²) in [6.07, 6.45) is 0. The number of likely N-dealkylation sites (N-methyl/N-ethyl adjacent to an activating group) is 1. The average Bonchev–Trinajstić information content (AvgIpc) is 2.49. The molecule has 0 aliphatic carbocycles. The van der Waals surface area contributed by atoms with E-state index in [0.29, 0.717) is 17.4 Å². The predicted octanol–water partition coefficient (Wildman–Crippen LogP) is 1.55. The number of aryl methyl sites for hydroxylation is 1. The van der Waals surface area contributed by atoms with Crippen LogP contribution >= 0.6 is 0 Å². The van der Waals surface area contributed by atoms with E-state index in [-0.39, 0.29) is 6.04 Å². The summed E-state index contributed by atoms with van der Waals surface area (Å²) >= 11 is 0. The van der Waals surface area contributed by atoms with Crippen molar-refractivity contribution < 1.29 is 8.42 Å². The van der Waals surface area contributed by atoms with Gasteiger partial charge in [0.05, 0.1) is 4.90 Å². The molecule has 1 saturated heterocycles. The minimum absolute atomic E-state index is 0.225. The maximum atomic E-state index is 12.5. The second-order valence-electron chi connectivity index (χ2n) is 6.82. The lowest BCUT2D eigenvalue weighted by Gasteiger charge is -2.39. The molecule has 0 spiro atoms. The van der Waals surface area contributed by atoms with Crippen molar-refractivity contribution >= 4 is 10.0 Å². The van der Waals surface area contributed by atoms with Crippen LogP contribution in [0.15, 0.2) is 29.2 Å². The van der Waals surface area contributed by atoms with E-state index in [2.05, 4.69) is 35.4 Å². The number of nitrogens with one attached hydrogen (secondary N) is 1. The molecule has 1 N–H and O–H groups in total. The van der Waals surface area contributed by atoms with Crippen LogP contribution in [0.5, 0.6) is 0 Å². The van der Waals surface area contributed by atoms with E-state index in [1.54, 1.807) is 18.2 Å². The van der Waals surface area contributed by atoms with Crippen molar-refractivity contribution in [2.75, 3.05) is 39.8 Å². The van der Waals surface area contributed by atoms with Crippen molar-refractivity contribution in [2.45, 2.75) is 31.7 Å². The summed E-state index contributed by atoms with van der Waals surface area (Å²) in [5.41, 5.74) is 0.951. The Bertz CT molecular complexity index is 608. The van der Waals surface area contributed by atoms with Gasteiger partial charge in [-0.2, -0.15) is 0 Å². The number of hydrogen-bond acceptors (Lipinski definition) is 4. The van der Waals surface area contributed by atoms with Gasteiger partial charge in [0.2, 0.25) is 10.0 Å². The Kier molecular flexibility index (Phi) is 6.19. The molecule has 0 bridgehead atoms. The Labute approximate surface area is 140 Å². The van der Waals surface area contributed by atoms with Crippen LogP contribution in [0.25, 0.3) is 0 Å². The van der Waals surface area contributed by atoms with Crippen LogP contribution in [0.4, 0.5) is 0 Å². The third-order valence-corrected chi connectivity index (χ3v) is 5.98. The third-order valence-electron chi connectivity index (χ3n) is 4.56. The fraction of sp³-hybridized carbons (Fsp3) is 0.647. The lowest BCUT2D eigenvalue weighted by atomic mass is 10.0. The highest BCUT2D eigenvalue weighted by Gasteiger charge is 2.26. The van der Waals surface area contributed by atoms with Crippen molar-refractivity contribution in [1.29, 1.82) is 0 Å². The van der Waals surface area contributed by atoms with Gasteiger partial charge in [-0.3, -0.25) is 4.90 Å². The van der Waals surface area contributed by atoms with E-state index in [4.69, 9.17) is 0 Å². The summed E-state index contributed by atoms with van der Waals surface area (Å²) in [6.45, 7) is 10.7. The standard InChI is InChI=1S/C17H29N3O2S/c1-14(2)17(20-10-8-19(4)9-11-20)13-18-23(21,22)16-7-5-6-15(3)12-16/h5-7,12,14,17-18H,8-11,13H2,1-4H3/t17-/m1/s1. The molecule has 6 heteroatoms. The predicted molar refractivity (Wildman–Crippen MR) is 94.1 cm³/mol. The monoisotopic (exact) mass is 339 g/mol. The highest BCUT2D eigenvalue weighted by Crippen LogP contribution is 2.15. The molecule has 0 radical (unpaired) electrons. The van der Waals surface area contributed by atoms with Gasteiger partial charge in [-0.15, -0.1) is 0 Å². The third kappa shape index (κ3) is 5.01. The first-order valence-corrected chi connectivity index (χ1v) is 9.77. The average molecular weight is 340 g/mol. The van der Waals surface area contributed by atoms with Crippen molar-refractivity contribution in [3.8, 4) is 0 Å². The second kappa shape index (κ2) is 7.75. The summed E-state index contributed by atoms with van der Waals surface area (Å²) in [5.74, 6) is 0.401. The van der Waals surface area contributed by atoms with Gasteiger partial charge in [0.1, 0.15) is 0 Å². The molecule has 0 amide bonds. The van der Waals surface area contributed by atoms with Gasteiger partial charge in [0, 0.05) is 38.8 Å². The fourth-order valence-electron chi connectivity index (χ4n) is 3.00. The Hall–Kier alpha value is -0.950. The summed E-state index contributed by atoms with van der Waals surface area (Å²) < 4.78 is 27.8. The van der Waals surface area contributed by atoms with Gasteiger partial charge < -0.3 is 4.90 Å². The SMILES string of the molecule is Cc1cccc(S(=O)(=O)NC[C@H](C(C)C)N2CCN(C)CC2)c1. The first-order chi connectivity index (χ1) is 10.8. The molecular weight excluding hydrogens is 310 g/mol. The lowest BCUT2D eigenvalue weighted by molar-refractivity contribution is 0.0905. The molecule has 1 atom stereocenters. The number of nitrogens with zero attached hydrogens (tertiary/aromatic N) is 2. The minimum atomic E-state index is -3.45. The van der Waals surface area contributed by atoms with E-state index < -0.39 is 10.0 Å². The van der Waals surface area contributed by atoms with Crippen LogP contribution in [0.2, 0.25) is 0 Å². The summed E-state index contributed by atoms with van der Waals surface area (Å²) in [5, 5.41) is 0. The van der Waals surface area contributed by atoms with Crippen molar-refractivity contribution in [1.82, 2.24) is 14.5 Å². The van der Waals surface area contributed by atoms with E-state index in [9.17, 15) is 8.42 Å². The molecule has 1 fully saturated rings. The molecule has 23 heavy (non-hydrogen) atoms. The van der Waals surface area contributed by atoms with Crippen molar-refractivity contribution in [2.24, 2.45) is 5.92 Å². The molecule has 1 heterocycles. The van der Waals surface area contributed by atoms with Crippen LogP contribution in [0.3, 0.4) is 0 Å². The van der Waals surface area contributed by atoms with Crippen LogP contribution in [0.1, 0.15) is 19.4 Å². The topological polar surface area (TPSA) is 52.7 Å². The van der Waals surface area contributed by atoms with E-state index in [1.165, 1.54) is 0 Å². The number of hydrogen-bond donors (Lipinski definition) is 1. The molecular formula is C17H29N3O2S. The van der Waals surface area contributed by atoms with Crippen molar-refractivity contribution in [3.63, 3.8) is 0 Å². The molecule has 1 aromatic carbocycles. The zero-order valence-corrected chi connectivity index (χ0v) is 15.4. The number of benzene rings is 1. The van der Waals surface area contributed by atoms with Crippen LogP contribution in [-0.2, 0) is 10.0 Å². The minimum Gasteiger partial charge on any atom is -0.304 e. The zero-order chi connectivity index (χ0) is 17.0. The molecule has 0 unspecified atom stereocenters. The fourth-order valence-corrected chi connectivity index (χ4v) is 4.16. The first-order valence-electron chi connectivity index (χ1n) is 8.28. The van der Waals surface area contributed by atoms with E-state index >= 15 is 0 Å². The highest BCUT2D eigenvalue weighted by atomic mass is 32.2. The van der Waals surface area contributed by atoms with Crippen molar-refractivity contribution in [3.05, 3.63) is 29.8 Å². The first kappa shape index (κ1) is 18.4. The Morgan fingerprint density at radius 3 is 2.39 bits per heavy atom. The summed E-state index contributed by atoms with van der Waals surface area (Å²) in [4.78, 5) is 5.06. The molecule has 0 saturated carbocycles. The smallest absolute Gasteiger partial charge is 0.240 e. The van der Waals surface area contributed by atoms with Gasteiger partial charge >= 0.3 is 0 Å². The van der Waals surface area contributed by atoms with Crippen LogP contribution in [0, 0.1) is 12.8 Å². The number of sulfonamides is 1. The molecule has 1 aromatic rings. The molecule has 1 aliphatic rings. The molecule has 0 aromatic heterocycles. The molecule has 1 aliphatic heterocycles. The lowest BCUT2D eigenvalue weighted by Crippen LogP contribution is -2.54. The van der Waals surface area contributed by atoms with Crippen LogP contribution < -0.4 is 4.72 Å². The molecule has 130 valence electrons. The van der Waals surface area contributed by atoms with Gasteiger partial charge in [0.15, 0.2) is 0 Å². The largest absolute Gasteiger partial charge is 0.304 e. The van der Waals surface area contributed by atoms with Gasteiger partial charge in [-0.05, 0) is 37.6 Å². The second-order valence-corrected chi connectivity index (χ2v) is 8.59. The molecule has 2 rings (SSSR count). The summed E-state index contributed by atoms with van der Waals surface area (Å²) in [6, 6.07) is 7.27. The number of piperazine rings is 1. The Morgan fingerprint density at radius 1 is 1.17 bits per heavy atom. The van der Waals surface area contributed by atoms with Gasteiger partial charge in [0.25, 0.3) is 0 Å². The zero-order valence-electron chi connectivity index (χ0n) is 14.6. The quantitative estimate of drug-likeness (QED) is 0.854. The highest BCUT2D eigenvalue weighted by molar-refractivity contribution is 7.89.